The fraction of sp³-hybridized carbons (Fsp3) is 0. The Morgan fingerprint density at radius 2 is 0.885 bits per heavy atom. The molecule has 0 bridgehead atoms. The Bertz CT molecular complexity index is 2850. The van der Waals surface area contributed by atoms with Gasteiger partial charge in [0.2, 0.25) is 0 Å². The predicted molar refractivity (Wildman–Crippen MR) is 216 cm³/mol. The van der Waals surface area contributed by atoms with Gasteiger partial charge in [0.25, 0.3) is 0 Å². The fourth-order valence-electron chi connectivity index (χ4n) is 7.52. The first-order valence-corrected chi connectivity index (χ1v) is 17.6. The van der Waals surface area contributed by atoms with Gasteiger partial charge < -0.3 is 0 Å². The van der Waals surface area contributed by atoms with Crippen LogP contribution in [0.1, 0.15) is 0 Å². The van der Waals surface area contributed by atoms with Crippen LogP contribution in [-0.2, 0) is 0 Å². The third kappa shape index (κ3) is 5.28. The summed E-state index contributed by atoms with van der Waals surface area (Å²) >= 11 is 0. The Kier molecular flexibility index (Phi) is 7.14. The first-order valence-electron chi connectivity index (χ1n) is 17.6. The van der Waals surface area contributed by atoms with E-state index in [9.17, 15) is 0 Å². The second-order valence-corrected chi connectivity index (χ2v) is 13.3. The standard InChI is InChI=1S/C49H31N3/c1-2-7-32(8-3-1)33-14-18-35(19-15-33)45-30-46(52-49(51-45)41-12-5-11-40(29-41)42-13-6-28-50-31-42)36-20-16-34(17-21-36)43-26-24-39-23-22-37-9-4-10-38-25-27-44(43)48(39)47(37)38/h1-31H. The van der Waals surface area contributed by atoms with Crippen molar-refractivity contribution < 1.29 is 0 Å². The molecule has 3 nitrogen and oxygen atoms in total. The number of pyridine rings is 1. The van der Waals surface area contributed by atoms with Crippen LogP contribution >= 0.6 is 0 Å². The van der Waals surface area contributed by atoms with E-state index in [2.05, 4.69) is 169 Å². The number of benzene rings is 8. The molecule has 0 amide bonds. The highest BCUT2D eigenvalue weighted by Crippen LogP contribution is 2.40. The Morgan fingerprint density at radius 1 is 0.327 bits per heavy atom. The van der Waals surface area contributed by atoms with E-state index in [1.54, 1.807) is 6.20 Å². The summed E-state index contributed by atoms with van der Waals surface area (Å²) in [4.78, 5) is 14.7. The largest absolute Gasteiger partial charge is 0.264 e. The van der Waals surface area contributed by atoms with Crippen LogP contribution in [0.25, 0.3) is 99.6 Å². The molecule has 10 rings (SSSR count). The van der Waals surface area contributed by atoms with Crippen molar-refractivity contribution in [2.75, 3.05) is 0 Å². The number of rotatable bonds is 6. The van der Waals surface area contributed by atoms with Gasteiger partial charge in [-0.05, 0) is 78.3 Å². The third-order valence-corrected chi connectivity index (χ3v) is 10.1. The number of nitrogens with zero attached hydrogens (tertiary/aromatic N) is 3. The molecule has 0 spiro atoms. The molecule has 0 aliphatic rings. The summed E-state index contributed by atoms with van der Waals surface area (Å²) < 4.78 is 0. The first-order chi connectivity index (χ1) is 25.7. The second-order valence-electron chi connectivity index (χ2n) is 13.3. The van der Waals surface area contributed by atoms with Gasteiger partial charge in [-0.1, -0.05) is 158 Å². The van der Waals surface area contributed by atoms with Crippen molar-refractivity contribution in [2.45, 2.75) is 0 Å². The average Bonchev–Trinajstić information content (AvgIpc) is 3.23. The Balaban J connectivity index is 1.08. The molecule has 0 fully saturated rings. The number of aromatic nitrogens is 3. The van der Waals surface area contributed by atoms with Crippen LogP contribution in [0, 0.1) is 0 Å². The maximum absolute atomic E-state index is 5.18. The summed E-state index contributed by atoms with van der Waals surface area (Å²) in [7, 11) is 0. The van der Waals surface area contributed by atoms with E-state index in [0.29, 0.717) is 5.82 Å². The number of hydrogen-bond acceptors (Lipinski definition) is 3. The monoisotopic (exact) mass is 661 g/mol. The van der Waals surface area contributed by atoms with Crippen LogP contribution in [0.15, 0.2) is 188 Å². The molecule has 0 atom stereocenters. The van der Waals surface area contributed by atoms with Gasteiger partial charge in [0.15, 0.2) is 5.82 Å². The maximum atomic E-state index is 5.18. The summed E-state index contributed by atoms with van der Waals surface area (Å²) in [6.45, 7) is 0. The molecule has 0 saturated carbocycles. The van der Waals surface area contributed by atoms with Gasteiger partial charge in [0.1, 0.15) is 0 Å². The van der Waals surface area contributed by atoms with Gasteiger partial charge in [-0.3, -0.25) is 4.98 Å². The lowest BCUT2D eigenvalue weighted by Gasteiger charge is -2.14. The Hall–Kier alpha value is -6.97. The molecule has 0 aliphatic heterocycles. The summed E-state index contributed by atoms with van der Waals surface area (Å²) in [5.41, 5.74) is 11.7. The lowest BCUT2D eigenvalue weighted by Crippen LogP contribution is -1.96. The summed E-state index contributed by atoms with van der Waals surface area (Å²) in [6, 6.07) is 62.5. The van der Waals surface area contributed by atoms with Gasteiger partial charge in [-0.2, -0.15) is 0 Å². The minimum Gasteiger partial charge on any atom is -0.264 e. The molecule has 10 aromatic rings. The third-order valence-electron chi connectivity index (χ3n) is 10.1. The molecule has 242 valence electrons. The zero-order valence-corrected chi connectivity index (χ0v) is 28.2. The molecule has 8 aromatic carbocycles. The summed E-state index contributed by atoms with van der Waals surface area (Å²) in [6.07, 6.45) is 3.68. The first kappa shape index (κ1) is 29.9. The normalized spacial score (nSPS) is 11.5. The Morgan fingerprint density at radius 3 is 1.60 bits per heavy atom. The van der Waals surface area contributed by atoms with Crippen molar-refractivity contribution in [1.82, 2.24) is 15.0 Å². The van der Waals surface area contributed by atoms with Crippen LogP contribution in [0.4, 0.5) is 0 Å². The highest BCUT2D eigenvalue weighted by molar-refractivity contribution is 6.25. The van der Waals surface area contributed by atoms with Crippen molar-refractivity contribution in [3.63, 3.8) is 0 Å². The van der Waals surface area contributed by atoms with Crippen molar-refractivity contribution in [2.24, 2.45) is 0 Å². The van der Waals surface area contributed by atoms with Crippen molar-refractivity contribution in [1.29, 1.82) is 0 Å². The van der Waals surface area contributed by atoms with E-state index >= 15 is 0 Å². The van der Waals surface area contributed by atoms with E-state index in [-0.39, 0.29) is 0 Å². The SMILES string of the molecule is c1ccc(-c2ccc(-c3cc(-c4ccc(-c5ccc6ccc7cccc8ccc5c6c78)cc4)nc(-c4cccc(-c5cccnc5)c4)n3)cc2)cc1. The van der Waals surface area contributed by atoms with E-state index < -0.39 is 0 Å². The van der Waals surface area contributed by atoms with Crippen LogP contribution in [-0.4, -0.2) is 15.0 Å². The minimum atomic E-state index is 0.682. The molecular formula is C49H31N3. The molecule has 52 heavy (non-hydrogen) atoms. The van der Waals surface area contributed by atoms with Gasteiger partial charge in [0.05, 0.1) is 11.4 Å². The van der Waals surface area contributed by atoms with Crippen molar-refractivity contribution in [3.05, 3.63) is 188 Å². The lowest BCUT2D eigenvalue weighted by molar-refractivity contribution is 1.18. The average molecular weight is 662 g/mol. The van der Waals surface area contributed by atoms with Gasteiger partial charge >= 0.3 is 0 Å². The zero-order chi connectivity index (χ0) is 34.4. The quantitative estimate of drug-likeness (QED) is 0.166. The second kappa shape index (κ2) is 12.4. The lowest BCUT2D eigenvalue weighted by atomic mass is 9.89. The van der Waals surface area contributed by atoms with Gasteiger partial charge in [-0.15, -0.1) is 0 Å². The van der Waals surface area contributed by atoms with E-state index in [1.807, 2.05) is 18.3 Å². The number of hydrogen-bond donors (Lipinski definition) is 0. The van der Waals surface area contributed by atoms with Crippen LogP contribution < -0.4 is 0 Å². The van der Waals surface area contributed by atoms with Crippen LogP contribution in [0.2, 0.25) is 0 Å². The van der Waals surface area contributed by atoms with Crippen molar-refractivity contribution in [3.8, 4) is 67.3 Å². The topological polar surface area (TPSA) is 38.7 Å². The van der Waals surface area contributed by atoms with Gasteiger partial charge in [-0.25, -0.2) is 9.97 Å². The molecule has 0 aliphatic carbocycles. The molecular weight excluding hydrogens is 631 g/mol. The van der Waals surface area contributed by atoms with E-state index in [0.717, 1.165) is 39.2 Å². The molecule has 0 radical (unpaired) electrons. The predicted octanol–water partition coefficient (Wildman–Crippen LogP) is 12.8. The smallest absolute Gasteiger partial charge is 0.160 e. The van der Waals surface area contributed by atoms with E-state index in [4.69, 9.17) is 9.97 Å². The van der Waals surface area contributed by atoms with Crippen LogP contribution in [0.5, 0.6) is 0 Å². The Labute approximate surface area is 301 Å². The molecule has 0 unspecified atom stereocenters. The highest BCUT2D eigenvalue weighted by Gasteiger charge is 2.15. The van der Waals surface area contributed by atoms with E-state index in [1.165, 1.54) is 54.6 Å². The minimum absolute atomic E-state index is 0.682. The zero-order valence-electron chi connectivity index (χ0n) is 28.2. The molecule has 2 heterocycles. The van der Waals surface area contributed by atoms with Crippen LogP contribution in [0.3, 0.4) is 0 Å². The molecule has 0 saturated heterocycles. The highest BCUT2D eigenvalue weighted by atomic mass is 14.9. The summed E-state index contributed by atoms with van der Waals surface area (Å²) in [5.74, 6) is 0.682. The summed E-state index contributed by atoms with van der Waals surface area (Å²) in [5, 5.41) is 7.76. The van der Waals surface area contributed by atoms with Gasteiger partial charge in [0, 0.05) is 34.6 Å². The molecule has 3 heteroatoms. The van der Waals surface area contributed by atoms with Crippen molar-refractivity contribution >= 4 is 32.3 Å². The fourth-order valence-corrected chi connectivity index (χ4v) is 7.52. The molecule has 0 N–H and O–H groups in total. The molecule has 2 aromatic heterocycles. The maximum Gasteiger partial charge on any atom is 0.160 e.